The number of fused-ring (bicyclic) bond motifs is 2. The lowest BCUT2D eigenvalue weighted by Crippen LogP contribution is -2.14. The van der Waals surface area contributed by atoms with E-state index < -0.39 is 29.2 Å². The van der Waals surface area contributed by atoms with Crippen LogP contribution in [0.5, 0.6) is 0 Å². The van der Waals surface area contributed by atoms with Gasteiger partial charge in [0.2, 0.25) is 0 Å². The van der Waals surface area contributed by atoms with Crippen molar-refractivity contribution in [3.63, 3.8) is 0 Å². The Morgan fingerprint density at radius 2 is 1.92 bits per heavy atom. The zero-order valence-corrected chi connectivity index (χ0v) is 19.5. The zero-order chi connectivity index (χ0) is 25.7. The summed E-state index contributed by atoms with van der Waals surface area (Å²) in [6.45, 7) is 5.35. The quantitative estimate of drug-likeness (QED) is 0.345. The number of hydrogen-bond acceptors (Lipinski definition) is 6. The van der Waals surface area contributed by atoms with Crippen LogP contribution in [0.1, 0.15) is 40.1 Å². The van der Waals surface area contributed by atoms with Crippen LogP contribution in [0.4, 0.5) is 14.5 Å². The van der Waals surface area contributed by atoms with E-state index in [1.165, 1.54) is 6.07 Å². The van der Waals surface area contributed by atoms with Crippen LogP contribution in [-0.2, 0) is 0 Å². The van der Waals surface area contributed by atoms with E-state index in [9.17, 15) is 23.5 Å². The van der Waals surface area contributed by atoms with Crippen LogP contribution < -0.4 is 10.7 Å². The predicted molar refractivity (Wildman–Crippen MR) is 129 cm³/mol. The van der Waals surface area contributed by atoms with E-state index in [2.05, 4.69) is 15.4 Å². The first kappa shape index (κ1) is 23.2. The number of aromatic carboxylic acids is 1. The maximum atomic E-state index is 14.2. The van der Waals surface area contributed by atoms with Gasteiger partial charge in [0.15, 0.2) is 28.5 Å². The second-order valence-corrected chi connectivity index (χ2v) is 8.56. The highest BCUT2D eigenvalue weighted by Crippen LogP contribution is 2.32. The first-order valence-electron chi connectivity index (χ1n) is 11.0. The first-order valence-corrected chi connectivity index (χ1v) is 11.0. The van der Waals surface area contributed by atoms with Crippen molar-refractivity contribution in [2.75, 3.05) is 5.32 Å². The Kier molecular flexibility index (Phi) is 5.51. The number of carboxylic acid groups (broad SMARTS) is 1. The normalized spacial score (nSPS) is 12.2. The van der Waals surface area contributed by atoms with Gasteiger partial charge in [-0.3, -0.25) is 4.79 Å². The molecule has 5 rings (SSSR count). The minimum absolute atomic E-state index is 0.107. The van der Waals surface area contributed by atoms with Gasteiger partial charge in [-0.25, -0.2) is 23.1 Å². The van der Waals surface area contributed by atoms with Crippen LogP contribution in [0.3, 0.4) is 0 Å². The summed E-state index contributed by atoms with van der Waals surface area (Å²) in [5.74, 6) is -4.10. The van der Waals surface area contributed by atoms with E-state index in [1.807, 2.05) is 6.92 Å². The average Bonchev–Trinajstić information content (AvgIpc) is 3.20. The molecule has 0 aliphatic rings. The third kappa shape index (κ3) is 3.96. The minimum Gasteiger partial charge on any atom is -0.478 e. The van der Waals surface area contributed by atoms with E-state index >= 15 is 0 Å². The maximum Gasteiger partial charge on any atom is 0.340 e. The molecule has 0 fully saturated rings. The molecule has 2 N–H and O–H groups in total. The molecule has 0 bridgehead atoms. The second kappa shape index (κ2) is 8.56. The molecule has 0 aliphatic carbocycles. The van der Waals surface area contributed by atoms with E-state index in [1.54, 1.807) is 48.8 Å². The summed E-state index contributed by atoms with van der Waals surface area (Å²) in [7, 11) is 0. The number of rotatable bonds is 5. The number of benzene rings is 2. The molecule has 0 aliphatic heterocycles. The summed E-state index contributed by atoms with van der Waals surface area (Å²) in [5.41, 5.74) is 2.22. The zero-order valence-electron chi connectivity index (χ0n) is 19.5. The number of hydrogen-bond donors (Lipinski definition) is 2. The van der Waals surface area contributed by atoms with Gasteiger partial charge >= 0.3 is 5.97 Å². The van der Waals surface area contributed by atoms with Gasteiger partial charge in [-0.05, 0) is 56.7 Å². The fraction of sp³-hybridized carbons (Fsp3) is 0.154. The predicted octanol–water partition coefficient (Wildman–Crippen LogP) is 5.27. The van der Waals surface area contributed by atoms with Crippen molar-refractivity contribution in [3.05, 3.63) is 92.9 Å². The van der Waals surface area contributed by atoms with Gasteiger partial charge in [0.05, 0.1) is 29.0 Å². The molecule has 5 aromatic rings. The number of anilines is 1. The average molecular weight is 490 g/mol. The molecule has 0 saturated carbocycles. The third-order valence-corrected chi connectivity index (χ3v) is 5.84. The molecule has 3 heterocycles. The Morgan fingerprint density at radius 3 is 2.67 bits per heavy atom. The molecule has 1 atom stereocenters. The number of aryl methyl sites for hydroxylation is 2. The summed E-state index contributed by atoms with van der Waals surface area (Å²) in [5, 5.41) is 17.2. The second-order valence-electron chi connectivity index (χ2n) is 8.56. The van der Waals surface area contributed by atoms with Crippen LogP contribution in [0.25, 0.3) is 28.1 Å². The highest BCUT2D eigenvalue weighted by molar-refractivity contribution is 5.94. The van der Waals surface area contributed by atoms with Gasteiger partial charge in [-0.1, -0.05) is 6.07 Å². The van der Waals surface area contributed by atoms with Crippen LogP contribution in [0, 0.1) is 25.5 Å². The number of imidazole rings is 1. The van der Waals surface area contributed by atoms with E-state index in [0.29, 0.717) is 22.3 Å². The van der Waals surface area contributed by atoms with Crippen LogP contribution >= 0.6 is 0 Å². The van der Waals surface area contributed by atoms with Crippen LogP contribution in [0.2, 0.25) is 0 Å². The molecule has 10 heteroatoms. The summed E-state index contributed by atoms with van der Waals surface area (Å²) < 4.78 is 35.6. The Labute approximate surface area is 202 Å². The monoisotopic (exact) mass is 490 g/mol. The van der Waals surface area contributed by atoms with Gasteiger partial charge in [0, 0.05) is 11.6 Å². The number of nitrogens with one attached hydrogen (secondary N) is 1. The largest absolute Gasteiger partial charge is 0.478 e. The molecule has 8 nitrogen and oxygen atoms in total. The lowest BCUT2D eigenvalue weighted by atomic mass is 10.0. The number of aromatic nitrogens is 3. The first-order chi connectivity index (χ1) is 17.1. The molecule has 0 saturated heterocycles. The van der Waals surface area contributed by atoms with Crippen molar-refractivity contribution in [1.29, 1.82) is 0 Å². The van der Waals surface area contributed by atoms with Gasteiger partial charge in [-0.15, -0.1) is 0 Å². The van der Waals surface area contributed by atoms with Crippen molar-refractivity contribution in [3.8, 4) is 11.5 Å². The van der Waals surface area contributed by atoms with E-state index in [-0.39, 0.29) is 22.5 Å². The fourth-order valence-corrected chi connectivity index (χ4v) is 4.21. The summed E-state index contributed by atoms with van der Waals surface area (Å²) >= 11 is 0. The molecular weight excluding hydrogens is 470 g/mol. The molecular formula is C26H20F2N4O4. The van der Waals surface area contributed by atoms with Crippen molar-refractivity contribution >= 4 is 28.3 Å². The Hall–Kier alpha value is -4.60. The number of carboxylic acids is 1. The molecule has 0 amide bonds. The Morgan fingerprint density at radius 1 is 1.14 bits per heavy atom. The lowest BCUT2D eigenvalue weighted by molar-refractivity contribution is 0.0691. The summed E-state index contributed by atoms with van der Waals surface area (Å²) in [4.78, 5) is 29.0. The summed E-state index contributed by atoms with van der Waals surface area (Å²) in [6, 6.07) is 9.66. The molecule has 0 radical (unpaired) electrons. The van der Waals surface area contributed by atoms with Crippen LogP contribution in [0.15, 0.2) is 57.9 Å². The molecule has 0 spiro atoms. The molecule has 182 valence electrons. The van der Waals surface area contributed by atoms with E-state index in [0.717, 1.165) is 23.4 Å². The maximum absolute atomic E-state index is 14.2. The topological polar surface area (TPSA) is 110 Å². The molecule has 0 unspecified atom stereocenters. The van der Waals surface area contributed by atoms with E-state index in [4.69, 9.17) is 4.42 Å². The SMILES string of the molecule is Cc1cc([C@@H](C)Nc2ccc(F)c(F)c2C(=O)O)c2oc(-c3ccc4nc(C)cn4n3)cc(=O)c2c1. The smallest absolute Gasteiger partial charge is 0.340 e. The Bertz CT molecular complexity index is 1740. The van der Waals surface area contributed by atoms with Crippen molar-refractivity contribution in [2.45, 2.75) is 26.8 Å². The standard InChI is InChI=1S/C26H20F2N4O4/c1-12-8-15(14(3)30-19-5-4-17(27)24(28)23(19)26(34)35)25-16(9-12)20(33)10-21(36-25)18-6-7-22-29-13(2)11-32(22)31-18/h4-11,14,30H,1-3H3,(H,34,35)/t14-/m1/s1. The molecule has 36 heavy (non-hydrogen) atoms. The van der Waals surface area contributed by atoms with Crippen molar-refractivity contribution in [1.82, 2.24) is 14.6 Å². The van der Waals surface area contributed by atoms with Gasteiger partial charge in [0.1, 0.15) is 16.8 Å². The van der Waals surface area contributed by atoms with Crippen molar-refractivity contribution < 1.29 is 23.1 Å². The van der Waals surface area contributed by atoms with Gasteiger partial charge in [-0.2, -0.15) is 5.10 Å². The fourth-order valence-electron chi connectivity index (χ4n) is 4.21. The number of carbonyl (C=O) groups is 1. The highest BCUT2D eigenvalue weighted by Gasteiger charge is 2.23. The highest BCUT2D eigenvalue weighted by atomic mass is 19.2. The minimum atomic E-state index is -1.61. The number of nitrogens with zero attached hydrogens (tertiary/aromatic N) is 3. The van der Waals surface area contributed by atoms with Gasteiger partial charge < -0.3 is 14.8 Å². The Balaban J connectivity index is 1.64. The number of halogens is 2. The summed E-state index contributed by atoms with van der Waals surface area (Å²) in [6.07, 6.45) is 1.75. The van der Waals surface area contributed by atoms with Gasteiger partial charge in [0.25, 0.3) is 0 Å². The van der Waals surface area contributed by atoms with Crippen LogP contribution in [-0.4, -0.2) is 25.7 Å². The molecule has 3 aromatic heterocycles. The molecule has 2 aromatic carbocycles. The van der Waals surface area contributed by atoms with Crippen molar-refractivity contribution in [2.24, 2.45) is 0 Å². The lowest BCUT2D eigenvalue weighted by Gasteiger charge is -2.19. The third-order valence-electron chi connectivity index (χ3n) is 5.84.